The van der Waals surface area contributed by atoms with Crippen LogP contribution in [0, 0.1) is 0 Å². The number of unbranched alkanes of at least 4 members (excludes halogenated alkanes) is 4. The zero-order valence-electron chi connectivity index (χ0n) is 12.2. The van der Waals surface area contributed by atoms with Crippen molar-refractivity contribution in [2.45, 2.75) is 70.5 Å². The van der Waals surface area contributed by atoms with Gasteiger partial charge in [0.2, 0.25) is 0 Å². The standard InChI is InChI=1S/C17H26O2/c1-3-4-5-6-9-12-17(2)13-15(18)14-10-7-8-11-16(14)19-17/h7-8,10-11,15,18H,3-6,9,12-13H2,1-2H3. The molecule has 19 heavy (non-hydrogen) atoms. The Kier molecular flexibility index (Phi) is 4.87. The first kappa shape index (κ1) is 14.4. The maximum absolute atomic E-state index is 10.3. The molecule has 0 saturated carbocycles. The molecule has 2 rings (SSSR count). The van der Waals surface area contributed by atoms with Gasteiger partial charge in [-0.15, -0.1) is 0 Å². The number of rotatable bonds is 6. The molecule has 2 heteroatoms. The maximum atomic E-state index is 10.3. The van der Waals surface area contributed by atoms with Crippen LogP contribution < -0.4 is 4.74 Å². The normalized spacial score (nSPS) is 25.7. The van der Waals surface area contributed by atoms with Gasteiger partial charge < -0.3 is 9.84 Å². The van der Waals surface area contributed by atoms with Crippen LogP contribution in [-0.4, -0.2) is 10.7 Å². The predicted octanol–water partition coefficient (Wildman–Crippen LogP) is 4.62. The molecule has 2 atom stereocenters. The molecule has 0 saturated heterocycles. The van der Waals surface area contributed by atoms with Crippen LogP contribution >= 0.6 is 0 Å². The molecular formula is C17H26O2. The Labute approximate surface area is 116 Å². The smallest absolute Gasteiger partial charge is 0.125 e. The summed E-state index contributed by atoms with van der Waals surface area (Å²) in [6.07, 6.45) is 7.72. The average molecular weight is 262 g/mol. The van der Waals surface area contributed by atoms with Gasteiger partial charge in [-0.3, -0.25) is 0 Å². The van der Waals surface area contributed by atoms with Gasteiger partial charge in [-0.05, 0) is 25.8 Å². The molecule has 1 heterocycles. The van der Waals surface area contributed by atoms with Crippen LogP contribution in [-0.2, 0) is 0 Å². The minimum absolute atomic E-state index is 0.208. The van der Waals surface area contributed by atoms with Crippen LogP contribution in [0.4, 0.5) is 0 Å². The molecule has 0 radical (unpaired) electrons. The van der Waals surface area contributed by atoms with Gasteiger partial charge in [0.05, 0.1) is 6.10 Å². The molecule has 1 aromatic carbocycles. The van der Waals surface area contributed by atoms with Crippen molar-refractivity contribution >= 4 is 0 Å². The first-order valence-corrected chi connectivity index (χ1v) is 7.60. The lowest BCUT2D eigenvalue weighted by molar-refractivity contribution is -0.00848. The van der Waals surface area contributed by atoms with Crippen molar-refractivity contribution in [3.8, 4) is 5.75 Å². The lowest BCUT2D eigenvalue weighted by Gasteiger charge is -2.38. The summed E-state index contributed by atoms with van der Waals surface area (Å²) in [5, 5.41) is 10.3. The number of aliphatic hydroxyl groups is 1. The molecule has 0 fully saturated rings. The number of benzene rings is 1. The SMILES string of the molecule is CCCCCCCC1(C)CC(O)c2ccccc2O1. The van der Waals surface area contributed by atoms with Crippen molar-refractivity contribution in [1.29, 1.82) is 0 Å². The Morgan fingerprint density at radius 1 is 1.21 bits per heavy atom. The third-order valence-electron chi connectivity index (χ3n) is 4.07. The zero-order chi connectivity index (χ0) is 13.7. The molecule has 0 amide bonds. The molecular weight excluding hydrogens is 236 g/mol. The highest BCUT2D eigenvalue weighted by Gasteiger charge is 2.35. The molecule has 1 aliphatic rings. The third-order valence-corrected chi connectivity index (χ3v) is 4.07. The van der Waals surface area contributed by atoms with E-state index in [9.17, 15) is 5.11 Å². The van der Waals surface area contributed by atoms with E-state index in [1.165, 1.54) is 32.1 Å². The maximum Gasteiger partial charge on any atom is 0.125 e. The van der Waals surface area contributed by atoms with Crippen LogP contribution in [0.5, 0.6) is 5.75 Å². The molecule has 2 nitrogen and oxygen atoms in total. The summed E-state index contributed by atoms with van der Waals surface area (Å²) < 4.78 is 6.14. The van der Waals surface area contributed by atoms with Crippen LogP contribution in [0.15, 0.2) is 24.3 Å². The lowest BCUT2D eigenvalue weighted by atomic mass is 9.86. The van der Waals surface area contributed by atoms with E-state index in [2.05, 4.69) is 13.8 Å². The van der Waals surface area contributed by atoms with Crippen molar-refractivity contribution in [3.63, 3.8) is 0 Å². The topological polar surface area (TPSA) is 29.5 Å². The van der Waals surface area contributed by atoms with E-state index in [0.717, 1.165) is 17.7 Å². The van der Waals surface area contributed by atoms with Crippen LogP contribution in [0.25, 0.3) is 0 Å². The zero-order valence-corrected chi connectivity index (χ0v) is 12.2. The van der Waals surface area contributed by atoms with Gasteiger partial charge in [0, 0.05) is 12.0 Å². The summed E-state index contributed by atoms with van der Waals surface area (Å²) in [5.74, 6) is 0.859. The fraction of sp³-hybridized carbons (Fsp3) is 0.647. The summed E-state index contributed by atoms with van der Waals surface area (Å²) in [4.78, 5) is 0. The van der Waals surface area contributed by atoms with Gasteiger partial charge in [-0.1, -0.05) is 50.8 Å². The highest BCUT2D eigenvalue weighted by molar-refractivity contribution is 5.37. The van der Waals surface area contributed by atoms with E-state index in [4.69, 9.17) is 4.74 Å². The van der Waals surface area contributed by atoms with Crippen molar-refractivity contribution in [3.05, 3.63) is 29.8 Å². The van der Waals surface area contributed by atoms with Crippen LogP contribution in [0.1, 0.15) is 70.5 Å². The van der Waals surface area contributed by atoms with Gasteiger partial charge in [0.1, 0.15) is 11.4 Å². The van der Waals surface area contributed by atoms with Crippen LogP contribution in [0.2, 0.25) is 0 Å². The predicted molar refractivity (Wildman–Crippen MR) is 78.4 cm³/mol. The van der Waals surface area contributed by atoms with E-state index in [-0.39, 0.29) is 11.7 Å². The monoisotopic (exact) mass is 262 g/mol. The summed E-state index contributed by atoms with van der Waals surface area (Å²) in [6.45, 7) is 4.37. The second kappa shape index (κ2) is 6.42. The lowest BCUT2D eigenvalue weighted by Crippen LogP contribution is -2.38. The highest BCUT2D eigenvalue weighted by atomic mass is 16.5. The second-order valence-corrected chi connectivity index (χ2v) is 5.97. The number of ether oxygens (including phenoxy) is 1. The molecule has 2 unspecified atom stereocenters. The minimum Gasteiger partial charge on any atom is -0.487 e. The Bertz CT molecular complexity index is 402. The molecule has 0 spiro atoms. The summed E-state index contributed by atoms with van der Waals surface area (Å²) in [5.41, 5.74) is 0.728. The third kappa shape index (κ3) is 3.73. The van der Waals surface area contributed by atoms with E-state index < -0.39 is 0 Å². The Morgan fingerprint density at radius 3 is 2.74 bits per heavy atom. The Morgan fingerprint density at radius 2 is 1.95 bits per heavy atom. The first-order chi connectivity index (χ1) is 9.14. The van der Waals surface area contributed by atoms with E-state index >= 15 is 0 Å². The number of para-hydroxylation sites is 1. The molecule has 106 valence electrons. The molecule has 0 aliphatic carbocycles. The number of hydrogen-bond acceptors (Lipinski definition) is 2. The van der Waals surface area contributed by atoms with E-state index in [1.54, 1.807) is 0 Å². The fourth-order valence-electron chi connectivity index (χ4n) is 2.93. The second-order valence-electron chi connectivity index (χ2n) is 5.97. The quantitative estimate of drug-likeness (QED) is 0.758. The summed E-state index contributed by atoms with van der Waals surface area (Å²) in [7, 11) is 0. The van der Waals surface area contributed by atoms with E-state index in [1.807, 2.05) is 24.3 Å². The largest absolute Gasteiger partial charge is 0.487 e. The molecule has 1 aliphatic heterocycles. The van der Waals surface area contributed by atoms with Gasteiger partial charge in [0.25, 0.3) is 0 Å². The van der Waals surface area contributed by atoms with Crippen LogP contribution in [0.3, 0.4) is 0 Å². The van der Waals surface area contributed by atoms with Gasteiger partial charge in [0.15, 0.2) is 0 Å². The molecule has 0 aromatic heterocycles. The van der Waals surface area contributed by atoms with Gasteiger partial charge >= 0.3 is 0 Å². The number of aliphatic hydroxyl groups excluding tert-OH is 1. The number of hydrogen-bond donors (Lipinski definition) is 1. The first-order valence-electron chi connectivity index (χ1n) is 7.60. The van der Waals surface area contributed by atoms with E-state index in [0.29, 0.717) is 6.42 Å². The Hall–Kier alpha value is -1.02. The van der Waals surface area contributed by atoms with Crippen molar-refractivity contribution in [2.75, 3.05) is 0 Å². The van der Waals surface area contributed by atoms with Gasteiger partial charge in [-0.25, -0.2) is 0 Å². The highest BCUT2D eigenvalue weighted by Crippen LogP contribution is 2.41. The summed E-state index contributed by atoms with van der Waals surface area (Å²) >= 11 is 0. The number of fused-ring (bicyclic) bond motifs is 1. The molecule has 1 aromatic rings. The molecule has 0 bridgehead atoms. The minimum atomic E-state index is -0.384. The fourth-order valence-corrected chi connectivity index (χ4v) is 2.93. The van der Waals surface area contributed by atoms with Crippen molar-refractivity contribution < 1.29 is 9.84 Å². The molecule has 1 N–H and O–H groups in total. The van der Waals surface area contributed by atoms with Crippen molar-refractivity contribution in [1.82, 2.24) is 0 Å². The van der Waals surface area contributed by atoms with Crippen molar-refractivity contribution in [2.24, 2.45) is 0 Å². The Balaban J connectivity index is 1.91. The van der Waals surface area contributed by atoms with Gasteiger partial charge in [-0.2, -0.15) is 0 Å². The average Bonchev–Trinajstić information content (AvgIpc) is 2.38. The summed E-state index contributed by atoms with van der Waals surface area (Å²) in [6, 6.07) is 7.85.